The number of fused-ring (bicyclic) bond motifs is 1. The van der Waals surface area contributed by atoms with Crippen molar-refractivity contribution in [1.82, 2.24) is 0 Å². The SMILES string of the molecule is C=CC(C)(O)CCC1=C(C)C(=O)CC2C(C)(C)CC(=O)CC12C. The van der Waals surface area contributed by atoms with Crippen molar-refractivity contribution in [3.05, 3.63) is 23.8 Å². The second kappa shape index (κ2) is 5.70. The van der Waals surface area contributed by atoms with Crippen LogP contribution in [0.5, 0.6) is 0 Å². The molecule has 23 heavy (non-hydrogen) atoms. The molecule has 2 aliphatic rings. The van der Waals surface area contributed by atoms with Crippen molar-refractivity contribution in [2.75, 3.05) is 0 Å². The fraction of sp³-hybridized carbons (Fsp3) is 0.700. The molecule has 0 spiro atoms. The standard InChI is InChI=1S/C20H30O3/c1-7-19(5,23)9-8-15-13(2)16(22)10-17-18(3,4)11-14(21)12-20(15,17)6/h7,17,23H,1,8-12H2,2-6H3. The van der Waals surface area contributed by atoms with Crippen LogP contribution in [-0.4, -0.2) is 22.3 Å². The molecule has 1 saturated carbocycles. The normalized spacial score (nSPS) is 33.2. The zero-order chi connectivity index (χ0) is 17.6. The van der Waals surface area contributed by atoms with Crippen LogP contribution in [0.2, 0.25) is 0 Å². The summed E-state index contributed by atoms with van der Waals surface area (Å²) in [4.78, 5) is 24.9. The van der Waals surface area contributed by atoms with E-state index in [9.17, 15) is 14.7 Å². The van der Waals surface area contributed by atoms with Gasteiger partial charge in [-0.2, -0.15) is 0 Å². The number of aliphatic hydroxyl groups is 1. The minimum absolute atomic E-state index is 0.160. The molecule has 0 heterocycles. The molecule has 1 N–H and O–H groups in total. The topological polar surface area (TPSA) is 54.4 Å². The van der Waals surface area contributed by atoms with E-state index < -0.39 is 5.60 Å². The third-order valence-electron chi connectivity index (χ3n) is 6.20. The molecule has 0 amide bonds. The Hall–Kier alpha value is -1.22. The van der Waals surface area contributed by atoms with E-state index in [2.05, 4.69) is 27.4 Å². The molecule has 3 nitrogen and oxygen atoms in total. The van der Waals surface area contributed by atoms with Crippen LogP contribution in [0.3, 0.4) is 0 Å². The molecule has 3 unspecified atom stereocenters. The van der Waals surface area contributed by atoms with Crippen LogP contribution in [0.1, 0.15) is 66.7 Å². The number of carbonyl (C=O) groups is 2. The summed E-state index contributed by atoms with van der Waals surface area (Å²) in [5.74, 6) is 0.666. The smallest absolute Gasteiger partial charge is 0.158 e. The minimum Gasteiger partial charge on any atom is -0.386 e. The molecule has 0 saturated heterocycles. The predicted molar refractivity (Wildman–Crippen MR) is 92.0 cm³/mol. The van der Waals surface area contributed by atoms with Crippen molar-refractivity contribution < 1.29 is 14.7 Å². The third kappa shape index (κ3) is 3.21. The predicted octanol–water partition coefficient (Wildman–Crippen LogP) is 4.00. The highest BCUT2D eigenvalue weighted by Gasteiger charge is 2.54. The van der Waals surface area contributed by atoms with E-state index in [1.54, 1.807) is 13.0 Å². The Morgan fingerprint density at radius 3 is 2.48 bits per heavy atom. The first-order valence-electron chi connectivity index (χ1n) is 8.54. The Kier molecular flexibility index (Phi) is 4.49. The van der Waals surface area contributed by atoms with Crippen molar-refractivity contribution in [2.45, 2.75) is 72.3 Å². The maximum absolute atomic E-state index is 12.5. The molecule has 0 aliphatic heterocycles. The molecule has 3 atom stereocenters. The molecule has 128 valence electrons. The van der Waals surface area contributed by atoms with Crippen molar-refractivity contribution in [3.8, 4) is 0 Å². The number of Topliss-reactive ketones (excluding diaryl/α,β-unsaturated/α-hetero) is 2. The summed E-state index contributed by atoms with van der Waals surface area (Å²) in [6.45, 7) is 13.7. The lowest BCUT2D eigenvalue weighted by atomic mass is 9.49. The van der Waals surface area contributed by atoms with Gasteiger partial charge >= 0.3 is 0 Å². The maximum Gasteiger partial charge on any atom is 0.158 e. The number of rotatable bonds is 4. The van der Waals surface area contributed by atoms with Gasteiger partial charge < -0.3 is 5.11 Å². The van der Waals surface area contributed by atoms with Crippen LogP contribution in [0.25, 0.3) is 0 Å². The molecule has 0 bridgehead atoms. The van der Waals surface area contributed by atoms with Gasteiger partial charge in [0.05, 0.1) is 5.60 Å². The molecular formula is C20H30O3. The van der Waals surface area contributed by atoms with Crippen LogP contribution in [0, 0.1) is 16.7 Å². The zero-order valence-electron chi connectivity index (χ0n) is 15.2. The number of ketones is 2. The Morgan fingerprint density at radius 2 is 1.91 bits per heavy atom. The molecule has 3 heteroatoms. The number of hydrogen-bond donors (Lipinski definition) is 1. The summed E-state index contributed by atoms with van der Waals surface area (Å²) in [6, 6.07) is 0. The number of carbonyl (C=O) groups excluding carboxylic acids is 2. The van der Waals surface area contributed by atoms with E-state index in [1.807, 2.05) is 6.92 Å². The first-order valence-corrected chi connectivity index (χ1v) is 8.54. The van der Waals surface area contributed by atoms with Crippen LogP contribution >= 0.6 is 0 Å². The zero-order valence-corrected chi connectivity index (χ0v) is 15.2. The van der Waals surface area contributed by atoms with Gasteiger partial charge in [0.2, 0.25) is 0 Å². The highest BCUT2D eigenvalue weighted by atomic mass is 16.3. The summed E-state index contributed by atoms with van der Waals surface area (Å²) in [7, 11) is 0. The van der Waals surface area contributed by atoms with Gasteiger partial charge in [-0.1, -0.05) is 32.4 Å². The van der Waals surface area contributed by atoms with Crippen LogP contribution in [-0.2, 0) is 9.59 Å². The highest BCUT2D eigenvalue weighted by molar-refractivity contribution is 5.98. The Labute approximate surface area is 139 Å². The number of allylic oxidation sites excluding steroid dienone is 2. The first kappa shape index (κ1) is 18.1. The Balaban J connectivity index is 2.44. The van der Waals surface area contributed by atoms with Gasteiger partial charge in [-0.3, -0.25) is 9.59 Å². The van der Waals surface area contributed by atoms with Crippen molar-refractivity contribution in [2.24, 2.45) is 16.7 Å². The molecular weight excluding hydrogens is 288 g/mol. The Bertz CT molecular complexity index is 580. The van der Waals surface area contributed by atoms with Gasteiger partial charge in [-0.05, 0) is 49.0 Å². The van der Waals surface area contributed by atoms with E-state index in [0.29, 0.717) is 32.1 Å². The van der Waals surface area contributed by atoms with Gasteiger partial charge in [0.15, 0.2) is 5.78 Å². The lowest BCUT2D eigenvalue weighted by molar-refractivity contribution is -0.136. The quantitative estimate of drug-likeness (QED) is 0.797. The van der Waals surface area contributed by atoms with E-state index in [1.165, 1.54) is 0 Å². The summed E-state index contributed by atoms with van der Waals surface area (Å²) in [5.41, 5.74) is 0.491. The minimum atomic E-state index is -0.951. The lowest BCUT2D eigenvalue weighted by Crippen LogP contribution is -2.50. The Morgan fingerprint density at radius 1 is 1.30 bits per heavy atom. The maximum atomic E-state index is 12.5. The van der Waals surface area contributed by atoms with E-state index >= 15 is 0 Å². The van der Waals surface area contributed by atoms with Gasteiger partial charge in [-0.25, -0.2) is 0 Å². The van der Waals surface area contributed by atoms with E-state index in [4.69, 9.17) is 0 Å². The van der Waals surface area contributed by atoms with Crippen molar-refractivity contribution in [3.63, 3.8) is 0 Å². The highest BCUT2D eigenvalue weighted by Crippen LogP contribution is 2.58. The van der Waals surface area contributed by atoms with Gasteiger partial charge in [0.25, 0.3) is 0 Å². The molecule has 0 radical (unpaired) electrons. The lowest BCUT2D eigenvalue weighted by Gasteiger charge is -2.54. The summed E-state index contributed by atoms with van der Waals surface area (Å²) in [6.07, 6.45) is 4.29. The van der Waals surface area contributed by atoms with Gasteiger partial charge in [0, 0.05) is 19.3 Å². The molecule has 2 aliphatic carbocycles. The first-order chi connectivity index (χ1) is 10.4. The molecule has 0 aromatic rings. The average Bonchev–Trinajstić information content (AvgIpc) is 2.40. The van der Waals surface area contributed by atoms with E-state index in [-0.39, 0.29) is 28.3 Å². The van der Waals surface area contributed by atoms with Crippen LogP contribution in [0.15, 0.2) is 23.8 Å². The summed E-state index contributed by atoms with van der Waals surface area (Å²) in [5, 5.41) is 10.2. The second-order valence-corrected chi connectivity index (χ2v) is 8.64. The fourth-order valence-corrected chi connectivity index (χ4v) is 4.80. The van der Waals surface area contributed by atoms with E-state index in [0.717, 1.165) is 11.1 Å². The summed E-state index contributed by atoms with van der Waals surface area (Å²) >= 11 is 0. The van der Waals surface area contributed by atoms with Crippen molar-refractivity contribution >= 4 is 11.6 Å². The summed E-state index contributed by atoms with van der Waals surface area (Å²) < 4.78 is 0. The van der Waals surface area contributed by atoms with Crippen LogP contribution < -0.4 is 0 Å². The third-order valence-corrected chi connectivity index (χ3v) is 6.20. The second-order valence-electron chi connectivity index (χ2n) is 8.64. The number of hydrogen-bond acceptors (Lipinski definition) is 3. The van der Waals surface area contributed by atoms with Gasteiger partial charge in [-0.15, -0.1) is 6.58 Å². The van der Waals surface area contributed by atoms with Crippen LogP contribution in [0.4, 0.5) is 0 Å². The molecule has 0 aromatic carbocycles. The fourth-order valence-electron chi connectivity index (χ4n) is 4.80. The largest absolute Gasteiger partial charge is 0.386 e. The van der Waals surface area contributed by atoms with Crippen molar-refractivity contribution in [1.29, 1.82) is 0 Å². The molecule has 2 rings (SSSR count). The van der Waals surface area contributed by atoms with Gasteiger partial charge in [0.1, 0.15) is 5.78 Å². The molecule has 0 aromatic heterocycles. The average molecular weight is 318 g/mol. The molecule has 1 fully saturated rings. The monoisotopic (exact) mass is 318 g/mol.